The number of ether oxygens (including phenoxy) is 1. The molecule has 222 valence electrons. The maximum atomic E-state index is 13.3. The summed E-state index contributed by atoms with van der Waals surface area (Å²) in [6, 6.07) is 26.3. The first-order valence-electron chi connectivity index (χ1n) is 14.5. The van der Waals surface area contributed by atoms with Crippen molar-refractivity contribution in [2.75, 3.05) is 18.6 Å². The van der Waals surface area contributed by atoms with Crippen molar-refractivity contribution in [1.29, 1.82) is 0 Å². The Labute approximate surface area is 253 Å². The molecule has 1 heterocycles. The van der Waals surface area contributed by atoms with E-state index in [2.05, 4.69) is 40.7 Å². The van der Waals surface area contributed by atoms with Gasteiger partial charge < -0.3 is 23.7 Å². The lowest BCUT2D eigenvalue weighted by atomic mass is 10.0. The maximum absolute atomic E-state index is 13.3. The molecular weight excluding hydrogens is 538 g/mol. The molecule has 0 radical (unpaired) electrons. The number of carbonyl (C=O) groups is 2. The number of para-hydroxylation sites is 2. The van der Waals surface area contributed by atoms with Crippen LogP contribution < -0.4 is 4.90 Å². The first kappa shape index (κ1) is 31.0. The van der Waals surface area contributed by atoms with Crippen molar-refractivity contribution < 1.29 is 18.7 Å². The van der Waals surface area contributed by atoms with E-state index in [9.17, 15) is 4.79 Å². The molecule has 4 aromatic rings. The minimum Gasteiger partial charge on any atom is -0.462 e. The van der Waals surface area contributed by atoms with E-state index in [1.54, 1.807) is 0 Å². The van der Waals surface area contributed by atoms with Crippen molar-refractivity contribution in [2.24, 2.45) is 0 Å². The van der Waals surface area contributed by atoms with Gasteiger partial charge >= 0.3 is 5.97 Å². The highest BCUT2D eigenvalue weighted by molar-refractivity contribution is 5.93. The zero-order valence-electron chi connectivity index (χ0n) is 24.9. The summed E-state index contributed by atoms with van der Waals surface area (Å²) in [6.45, 7) is 9.26. The highest BCUT2D eigenvalue weighted by Gasteiger charge is 2.26. The second kappa shape index (κ2) is 15.4. The van der Waals surface area contributed by atoms with E-state index in [1.807, 2.05) is 98.6 Å². The standard InChI is InChI=1S/C35H37N3O3.CH2O/c1-4-40-35(39)31(26(2)38(24-27-14-8-7-9-15-27)30-16-10-5-6-11-17-30)25-37(3)29-22-20-28(21-23-29)34-36-32-18-12-13-19-33(32)41-34;1-2/h5-9,12-15,18-23,25,30H,2,4,10-11,16-17,24H2,1,3H3;1H2/b31-25+;. The normalized spacial score (nSPS) is 13.5. The summed E-state index contributed by atoms with van der Waals surface area (Å²) in [7, 11) is 1.93. The topological polar surface area (TPSA) is 75.9 Å². The van der Waals surface area contributed by atoms with E-state index >= 15 is 0 Å². The summed E-state index contributed by atoms with van der Waals surface area (Å²) in [5, 5.41) is 0. The van der Waals surface area contributed by atoms with Crippen LogP contribution in [0.2, 0.25) is 0 Å². The van der Waals surface area contributed by atoms with Gasteiger partial charge in [0.15, 0.2) is 5.58 Å². The lowest BCUT2D eigenvalue weighted by Gasteiger charge is -2.35. The highest BCUT2D eigenvalue weighted by Crippen LogP contribution is 2.30. The van der Waals surface area contributed by atoms with Crippen LogP contribution in [0.4, 0.5) is 5.69 Å². The first-order chi connectivity index (χ1) is 21.0. The molecule has 1 aliphatic rings. The third-order valence-corrected chi connectivity index (χ3v) is 7.43. The molecule has 3 aromatic carbocycles. The van der Waals surface area contributed by atoms with Gasteiger partial charge in [-0.1, -0.05) is 61.2 Å². The summed E-state index contributed by atoms with van der Waals surface area (Å²) < 4.78 is 11.5. The van der Waals surface area contributed by atoms with Crippen molar-refractivity contribution in [3.63, 3.8) is 0 Å². The summed E-state index contributed by atoms with van der Waals surface area (Å²) in [4.78, 5) is 30.2. The summed E-state index contributed by atoms with van der Waals surface area (Å²) in [6.07, 6.45) is 10.4. The average Bonchev–Trinajstić information content (AvgIpc) is 3.31. The minimum absolute atomic E-state index is 0.261. The van der Waals surface area contributed by atoms with Crippen molar-refractivity contribution >= 4 is 29.5 Å². The Balaban J connectivity index is 0.00000207. The van der Waals surface area contributed by atoms with Crippen LogP contribution in [0.25, 0.3) is 22.6 Å². The molecule has 0 amide bonds. The van der Waals surface area contributed by atoms with Crippen LogP contribution in [0.5, 0.6) is 0 Å². The zero-order chi connectivity index (χ0) is 30.6. The number of hydrogen-bond donors (Lipinski definition) is 0. The van der Waals surface area contributed by atoms with Crippen LogP contribution in [-0.2, 0) is 20.9 Å². The molecule has 0 saturated heterocycles. The molecular formula is C36H39N3O4. The van der Waals surface area contributed by atoms with E-state index < -0.39 is 0 Å². The predicted molar refractivity (Wildman–Crippen MR) is 172 cm³/mol. The van der Waals surface area contributed by atoms with Gasteiger partial charge in [0.25, 0.3) is 0 Å². The molecule has 0 fully saturated rings. The summed E-state index contributed by atoms with van der Waals surface area (Å²) in [5.41, 5.74) is 5.68. The van der Waals surface area contributed by atoms with Gasteiger partial charge in [-0.2, -0.15) is 0 Å². The number of nitrogens with zero attached hydrogens (tertiary/aromatic N) is 3. The highest BCUT2D eigenvalue weighted by atomic mass is 16.5. The number of carbonyl (C=O) groups excluding carboxylic acids is 2. The molecule has 0 N–H and O–H groups in total. The molecule has 0 unspecified atom stereocenters. The largest absolute Gasteiger partial charge is 0.462 e. The molecule has 0 spiro atoms. The molecule has 1 aliphatic carbocycles. The van der Waals surface area contributed by atoms with Crippen LogP contribution >= 0.6 is 0 Å². The Morgan fingerprint density at radius 2 is 1.63 bits per heavy atom. The van der Waals surface area contributed by atoms with E-state index in [4.69, 9.17) is 13.9 Å². The van der Waals surface area contributed by atoms with Crippen molar-refractivity contribution in [2.45, 2.75) is 45.2 Å². The second-order valence-electron chi connectivity index (χ2n) is 10.2. The Bertz CT molecular complexity index is 1510. The minimum atomic E-state index is -0.378. The Hall–Kier alpha value is -4.91. The Morgan fingerprint density at radius 1 is 0.977 bits per heavy atom. The number of hydrogen-bond acceptors (Lipinski definition) is 7. The number of benzene rings is 3. The molecule has 0 aliphatic heterocycles. The fourth-order valence-corrected chi connectivity index (χ4v) is 5.21. The van der Waals surface area contributed by atoms with Crippen LogP contribution in [0.3, 0.4) is 0 Å². The number of anilines is 1. The van der Waals surface area contributed by atoms with Gasteiger partial charge in [-0.3, -0.25) is 0 Å². The first-order valence-corrected chi connectivity index (χ1v) is 14.5. The lowest BCUT2D eigenvalue weighted by molar-refractivity contribution is -0.138. The fraction of sp³-hybridized carbons (Fsp3) is 0.250. The SMILES string of the molecule is C=C(/C(=C\N(C)c1ccc(-c2nc3ccccc3o2)cc1)C(=O)OCC)N(Cc1ccccc1)C1CCC=CCC1.C=O. The number of fused-ring (bicyclic) bond motifs is 1. The van der Waals surface area contributed by atoms with Gasteiger partial charge in [0, 0.05) is 42.8 Å². The van der Waals surface area contributed by atoms with E-state index in [0.717, 1.165) is 48.0 Å². The van der Waals surface area contributed by atoms with Crippen molar-refractivity contribution in [3.05, 3.63) is 121 Å². The van der Waals surface area contributed by atoms with E-state index in [0.29, 0.717) is 30.3 Å². The lowest BCUT2D eigenvalue weighted by Crippen LogP contribution is -2.36. The number of rotatable bonds is 10. The molecule has 43 heavy (non-hydrogen) atoms. The van der Waals surface area contributed by atoms with Gasteiger partial charge in [0.1, 0.15) is 12.3 Å². The van der Waals surface area contributed by atoms with Gasteiger partial charge in [-0.05, 0) is 74.6 Å². The van der Waals surface area contributed by atoms with Gasteiger partial charge in [0.2, 0.25) is 5.89 Å². The Morgan fingerprint density at radius 3 is 2.28 bits per heavy atom. The monoisotopic (exact) mass is 577 g/mol. The average molecular weight is 578 g/mol. The second-order valence-corrected chi connectivity index (χ2v) is 10.2. The zero-order valence-corrected chi connectivity index (χ0v) is 24.9. The van der Waals surface area contributed by atoms with Gasteiger partial charge in [-0.25, -0.2) is 9.78 Å². The molecule has 5 rings (SSSR count). The summed E-state index contributed by atoms with van der Waals surface area (Å²) >= 11 is 0. The number of oxazole rings is 1. The number of allylic oxidation sites excluding steroid dienone is 2. The number of aromatic nitrogens is 1. The predicted octanol–water partition coefficient (Wildman–Crippen LogP) is 7.71. The Kier molecular flexibility index (Phi) is 11.1. The third-order valence-electron chi connectivity index (χ3n) is 7.43. The molecule has 0 saturated carbocycles. The van der Waals surface area contributed by atoms with Crippen molar-refractivity contribution in [3.8, 4) is 11.5 Å². The molecule has 1 aromatic heterocycles. The third kappa shape index (κ3) is 7.89. The van der Waals surface area contributed by atoms with E-state index in [1.165, 1.54) is 5.56 Å². The molecule has 0 atom stereocenters. The van der Waals surface area contributed by atoms with Crippen LogP contribution in [0.1, 0.15) is 38.2 Å². The van der Waals surface area contributed by atoms with Gasteiger partial charge in [0.05, 0.1) is 12.2 Å². The van der Waals surface area contributed by atoms with Crippen molar-refractivity contribution in [1.82, 2.24) is 9.88 Å². The maximum Gasteiger partial charge on any atom is 0.341 e. The van der Waals surface area contributed by atoms with Crippen LogP contribution in [-0.4, -0.2) is 42.3 Å². The quantitative estimate of drug-likeness (QED) is 0.0827. The molecule has 7 heteroatoms. The van der Waals surface area contributed by atoms with Crippen LogP contribution in [0, 0.1) is 0 Å². The smallest absolute Gasteiger partial charge is 0.341 e. The summed E-state index contributed by atoms with van der Waals surface area (Å²) in [5.74, 6) is 0.197. The fourth-order valence-electron chi connectivity index (χ4n) is 5.21. The molecule has 7 nitrogen and oxygen atoms in total. The van der Waals surface area contributed by atoms with Gasteiger partial charge in [-0.15, -0.1) is 0 Å². The van der Waals surface area contributed by atoms with E-state index in [-0.39, 0.29) is 12.0 Å². The molecule has 0 bridgehead atoms. The number of esters is 1. The van der Waals surface area contributed by atoms with Crippen LogP contribution in [0.15, 0.2) is 119 Å².